The van der Waals surface area contributed by atoms with Crippen LogP contribution < -0.4 is 10.4 Å². The Balaban J connectivity index is 2.46. The van der Waals surface area contributed by atoms with Gasteiger partial charge in [-0.25, -0.2) is 0 Å². The van der Waals surface area contributed by atoms with Gasteiger partial charge in [0.2, 0.25) is 0 Å². The third kappa shape index (κ3) is 11.6. The fraction of sp³-hybridized carbons (Fsp3) is 0.514. The van der Waals surface area contributed by atoms with Crippen LogP contribution in [0.2, 0.25) is 5.04 Å². The van der Waals surface area contributed by atoms with Crippen molar-refractivity contribution in [2.75, 3.05) is 0 Å². The number of hydrogen-bond acceptors (Lipinski definition) is 5. The fourth-order valence-electron chi connectivity index (χ4n) is 5.22. The average molecular weight is 607 g/mol. The Kier molecular flexibility index (Phi) is 14.6. The van der Waals surface area contributed by atoms with E-state index in [0.29, 0.717) is 0 Å². The van der Waals surface area contributed by atoms with Gasteiger partial charge in [0.1, 0.15) is 0 Å². The first-order valence-electron chi connectivity index (χ1n) is 15.8. The third-order valence-electron chi connectivity index (χ3n) is 7.49. The zero-order valence-electron chi connectivity index (χ0n) is 27.6. The highest BCUT2D eigenvalue weighted by atomic mass is 28.4. The number of benzene rings is 2. The monoisotopic (exact) mass is 606 g/mol. The van der Waals surface area contributed by atoms with Crippen LogP contribution in [0.3, 0.4) is 0 Å². The van der Waals surface area contributed by atoms with Gasteiger partial charge in [0.05, 0.1) is 11.5 Å². The van der Waals surface area contributed by atoms with E-state index in [1.54, 1.807) is 26.8 Å². The molecule has 0 aliphatic carbocycles. The second-order valence-electron chi connectivity index (χ2n) is 13.3. The van der Waals surface area contributed by atoms with E-state index in [1.165, 1.54) is 43.0 Å². The molecule has 43 heavy (non-hydrogen) atoms. The van der Waals surface area contributed by atoms with Crippen LogP contribution in [0.15, 0.2) is 85.5 Å². The number of allylic oxidation sites excluding steroid dienone is 1. The molecule has 2 rings (SSSR count). The molecule has 5 nitrogen and oxygen atoms in total. The van der Waals surface area contributed by atoms with Crippen LogP contribution in [0.4, 0.5) is 0 Å². The number of ether oxygens (including phenoxy) is 2. The smallest absolute Gasteiger partial charge is 0.314 e. The molecule has 2 unspecified atom stereocenters. The van der Waals surface area contributed by atoms with E-state index >= 15 is 0 Å². The number of carbonyl (C=O) groups excluding carboxylic acids is 2. The number of carbonyl (C=O) groups is 2. The molecule has 0 aromatic heterocycles. The van der Waals surface area contributed by atoms with Gasteiger partial charge in [-0.3, -0.25) is 9.59 Å². The maximum absolute atomic E-state index is 12.7. The Hall–Kier alpha value is -2.96. The standard InChI is InChI=1S/C37H54O5Si/c1-9-10-11-12-13-14-15-18-23-31(28-29-34(40-30(2)38)41-35(39)36(3,4)5)42-43(37(6,7)8,32-24-19-16-20-25-32)33-26-21-17-22-27-33/h9,16-17,19-22,24-29,31,34H,1,10-15,18,23H2,2-8H3/b29-28+. The molecule has 0 fully saturated rings. The first-order valence-corrected chi connectivity index (χ1v) is 17.7. The summed E-state index contributed by atoms with van der Waals surface area (Å²) in [5, 5.41) is 2.20. The maximum Gasteiger partial charge on any atom is 0.314 e. The lowest BCUT2D eigenvalue weighted by atomic mass is 9.97. The molecule has 0 saturated heterocycles. The largest absolute Gasteiger partial charge is 0.421 e. The van der Waals surface area contributed by atoms with Crippen LogP contribution in [-0.4, -0.2) is 32.6 Å². The zero-order valence-corrected chi connectivity index (χ0v) is 28.6. The van der Waals surface area contributed by atoms with Crippen molar-refractivity contribution >= 4 is 30.6 Å². The number of hydrogen-bond donors (Lipinski definition) is 0. The van der Waals surface area contributed by atoms with E-state index < -0.39 is 32.0 Å². The second kappa shape index (κ2) is 17.4. The van der Waals surface area contributed by atoms with Gasteiger partial charge in [-0.05, 0) is 61.5 Å². The van der Waals surface area contributed by atoms with E-state index in [2.05, 4.69) is 75.9 Å². The van der Waals surface area contributed by atoms with Crippen LogP contribution in [0.25, 0.3) is 0 Å². The molecular weight excluding hydrogens is 552 g/mol. The summed E-state index contributed by atoms with van der Waals surface area (Å²) < 4.78 is 18.4. The molecule has 0 spiro atoms. The van der Waals surface area contributed by atoms with E-state index in [-0.39, 0.29) is 11.1 Å². The lowest BCUT2D eigenvalue weighted by Crippen LogP contribution is -2.67. The lowest BCUT2D eigenvalue weighted by Gasteiger charge is -2.45. The van der Waals surface area contributed by atoms with Crippen molar-refractivity contribution in [3.63, 3.8) is 0 Å². The molecule has 0 aliphatic heterocycles. The molecule has 0 N–H and O–H groups in total. The SMILES string of the molecule is C=CCCCCCCCCC(/C=C/C(OC(C)=O)OC(=O)C(C)(C)C)O[Si](c1ccccc1)(c1ccccc1)C(C)(C)C. The van der Waals surface area contributed by atoms with Crippen LogP contribution in [-0.2, 0) is 23.5 Å². The van der Waals surface area contributed by atoms with Gasteiger partial charge in [0.25, 0.3) is 14.6 Å². The molecule has 0 heterocycles. The number of esters is 2. The highest BCUT2D eigenvalue weighted by molar-refractivity contribution is 6.99. The molecule has 236 valence electrons. The zero-order chi connectivity index (χ0) is 31.9. The first kappa shape index (κ1) is 36.2. The molecule has 0 aliphatic rings. The summed E-state index contributed by atoms with van der Waals surface area (Å²) in [4.78, 5) is 24.6. The number of rotatable bonds is 17. The van der Waals surface area contributed by atoms with E-state index in [0.717, 1.165) is 25.7 Å². The molecule has 2 aromatic carbocycles. The molecule has 0 bridgehead atoms. The summed E-state index contributed by atoms with van der Waals surface area (Å²) in [6.45, 7) is 17.2. The summed E-state index contributed by atoms with van der Waals surface area (Å²) >= 11 is 0. The Morgan fingerprint density at radius 3 is 1.74 bits per heavy atom. The van der Waals surface area contributed by atoms with E-state index in [9.17, 15) is 9.59 Å². The van der Waals surface area contributed by atoms with Crippen LogP contribution in [0.5, 0.6) is 0 Å². The summed E-state index contributed by atoms with van der Waals surface area (Å²) in [6, 6.07) is 21.1. The summed E-state index contributed by atoms with van der Waals surface area (Å²) in [7, 11) is -2.84. The molecule has 0 amide bonds. The Labute approximate surface area is 261 Å². The molecule has 0 saturated carbocycles. The maximum atomic E-state index is 12.7. The van der Waals surface area contributed by atoms with Crippen molar-refractivity contribution < 1.29 is 23.5 Å². The van der Waals surface area contributed by atoms with Crippen molar-refractivity contribution in [3.05, 3.63) is 85.5 Å². The van der Waals surface area contributed by atoms with E-state index in [4.69, 9.17) is 13.9 Å². The first-order chi connectivity index (χ1) is 20.3. The highest BCUT2D eigenvalue weighted by Crippen LogP contribution is 2.38. The van der Waals surface area contributed by atoms with Crippen molar-refractivity contribution in [3.8, 4) is 0 Å². The second-order valence-corrected chi connectivity index (χ2v) is 17.6. The van der Waals surface area contributed by atoms with Gasteiger partial charge in [-0.2, -0.15) is 0 Å². The van der Waals surface area contributed by atoms with Crippen LogP contribution in [0, 0.1) is 5.41 Å². The van der Waals surface area contributed by atoms with Gasteiger partial charge < -0.3 is 13.9 Å². The third-order valence-corrected chi connectivity index (χ3v) is 12.6. The van der Waals surface area contributed by atoms with Gasteiger partial charge in [0.15, 0.2) is 0 Å². The predicted molar refractivity (Wildman–Crippen MR) is 180 cm³/mol. The summed E-state index contributed by atoms with van der Waals surface area (Å²) in [6.07, 6.45) is 13.0. The van der Waals surface area contributed by atoms with E-state index in [1.807, 2.05) is 24.3 Å². The summed E-state index contributed by atoms with van der Waals surface area (Å²) in [5.41, 5.74) is -0.733. The van der Waals surface area contributed by atoms with Gasteiger partial charge in [-0.15, -0.1) is 6.58 Å². The Morgan fingerprint density at radius 1 is 0.767 bits per heavy atom. The average Bonchev–Trinajstić information content (AvgIpc) is 2.94. The Morgan fingerprint density at radius 2 is 1.28 bits per heavy atom. The van der Waals surface area contributed by atoms with Crippen molar-refractivity contribution in [2.45, 2.75) is 117 Å². The van der Waals surface area contributed by atoms with Crippen molar-refractivity contribution in [1.82, 2.24) is 0 Å². The van der Waals surface area contributed by atoms with Gasteiger partial charge >= 0.3 is 11.9 Å². The minimum absolute atomic E-state index is 0.194. The quantitative estimate of drug-likeness (QED) is 0.0596. The minimum atomic E-state index is -2.84. The van der Waals surface area contributed by atoms with Crippen LogP contribution >= 0.6 is 0 Å². The number of unbranched alkanes of at least 4 members (excludes halogenated alkanes) is 6. The van der Waals surface area contributed by atoms with Crippen molar-refractivity contribution in [1.29, 1.82) is 0 Å². The van der Waals surface area contributed by atoms with Gasteiger partial charge in [-0.1, -0.05) is 126 Å². The predicted octanol–water partition coefficient (Wildman–Crippen LogP) is 8.27. The Bertz CT molecular complexity index is 1110. The van der Waals surface area contributed by atoms with Gasteiger partial charge in [0, 0.05) is 6.92 Å². The highest BCUT2D eigenvalue weighted by Gasteiger charge is 2.51. The van der Waals surface area contributed by atoms with Crippen LogP contribution in [0.1, 0.15) is 99.8 Å². The molecule has 2 atom stereocenters. The van der Waals surface area contributed by atoms with Crippen molar-refractivity contribution in [2.24, 2.45) is 5.41 Å². The molecule has 0 radical (unpaired) electrons. The minimum Gasteiger partial charge on any atom is -0.421 e. The normalized spacial score (nSPS) is 13.8. The molecular formula is C37H54O5Si. The molecule has 6 heteroatoms. The molecule has 2 aromatic rings. The fourth-order valence-corrected chi connectivity index (χ4v) is 9.88. The topological polar surface area (TPSA) is 61.8 Å². The lowest BCUT2D eigenvalue weighted by molar-refractivity contribution is -0.184. The summed E-state index contributed by atoms with van der Waals surface area (Å²) in [5.74, 6) is -0.957.